The predicted molar refractivity (Wildman–Crippen MR) is 307 cm³/mol. The molecule has 10 aromatic carbocycles. The fourth-order valence-corrected chi connectivity index (χ4v) is 17.9. The van der Waals surface area contributed by atoms with Crippen LogP contribution in [0.15, 0.2) is 237 Å². The predicted octanol–water partition coefficient (Wildman–Crippen LogP) is 15.1. The van der Waals surface area contributed by atoms with Gasteiger partial charge >= 0.3 is 0 Å². The van der Waals surface area contributed by atoms with Crippen LogP contribution in [0.5, 0.6) is 0 Å². The standard InChI is InChI=1S/C70H59NSi/c1-69(2,3)50-37-39-61-59(44-50)60-45-51(70(4,5)6)38-40-62(60)71(61)63-35-21-33-57-65-55-31-19-20-32-56(55)68(66(57)63)67-58(65)34-22-36-64(67)72(52-27-15-9-16-28-52,53-29-17-10-18-30-53)54-42-48(46-23-11-7-12-24-46)41-49(43-54)47-25-13-8-14-26-47/h7-45,65,68H,1-6H3. The fourth-order valence-electron chi connectivity index (χ4n) is 12.8. The van der Waals surface area contributed by atoms with E-state index in [9.17, 15) is 0 Å². The highest BCUT2D eigenvalue weighted by Gasteiger charge is 2.50. The first-order chi connectivity index (χ1) is 35.0. The molecular weight excluding hydrogens is 883 g/mol. The number of benzene rings is 10. The minimum Gasteiger partial charge on any atom is -0.309 e. The lowest BCUT2D eigenvalue weighted by Crippen LogP contribution is -2.75. The highest BCUT2D eigenvalue weighted by Crippen LogP contribution is 2.57. The van der Waals surface area contributed by atoms with E-state index in [4.69, 9.17) is 0 Å². The molecule has 0 spiro atoms. The number of hydrogen-bond acceptors (Lipinski definition) is 0. The first-order valence-electron chi connectivity index (χ1n) is 25.8. The number of aromatic nitrogens is 1. The molecular formula is C70H59NSi. The molecule has 14 rings (SSSR count). The van der Waals surface area contributed by atoms with Crippen molar-refractivity contribution < 1.29 is 0 Å². The molecule has 2 heteroatoms. The zero-order chi connectivity index (χ0) is 48.9. The van der Waals surface area contributed by atoms with E-state index in [-0.39, 0.29) is 22.7 Å². The van der Waals surface area contributed by atoms with E-state index in [2.05, 4.69) is 283 Å². The topological polar surface area (TPSA) is 4.93 Å². The molecule has 2 bridgehead atoms. The zero-order valence-corrected chi connectivity index (χ0v) is 43.1. The van der Waals surface area contributed by atoms with Gasteiger partial charge < -0.3 is 4.57 Å². The number of hydrogen-bond donors (Lipinski definition) is 0. The summed E-state index contributed by atoms with van der Waals surface area (Å²) in [7, 11) is -3.21. The average molecular weight is 942 g/mol. The second-order valence-corrected chi connectivity index (χ2v) is 26.2. The van der Waals surface area contributed by atoms with Crippen molar-refractivity contribution in [3.8, 4) is 27.9 Å². The Balaban J connectivity index is 1.15. The van der Waals surface area contributed by atoms with Gasteiger partial charge in [-0.3, -0.25) is 0 Å². The highest BCUT2D eigenvalue weighted by atomic mass is 28.3. The van der Waals surface area contributed by atoms with E-state index in [0.717, 1.165) is 0 Å². The molecule has 0 fully saturated rings. The quantitative estimate of drug-likeness (QED) is 0.111. The molecule has 11 aromatic rings. The third-order valence-electron chi connectivity index (χ3n) is 16.2. The molecule has 72 heavy (non-hydrogen) atoms. The molecule has 2 unspecified atom stereocenters. The Labute approximate surface area is 426 Å². The molecule has 1 nitrogen and oxygen atoms in total. The molecule has 3 aliphatic rings. The molecule has 3 aliphatic carbocycles. The summed E-state index contributed by atoms with van der Waals surface area (Å²) in [6.07, 6.45) is 0. The summed E-state index contributed by atoms with van der Waals surface area (Å²) in [5, 5.41) is 8.22. The monoisotopic (exact) mass is 941 g/mol. The van der Waals surface area contributed by atoms with Gasteiger partial charge in [0.15, 0.2) is 8.07 Å². The summed E-state index contributed by atoms with van der Waals surface area (Å²) in [6, 6.07) is 91.2. The summed E-state index contributed by atoms with van der Waals surface area (Å²) in [5.41, 5.74) is 20.0. The van der Waals surface area contributed by atoms with Crippen LogP contribution in [0.1, 0.15) is 97.9 Å². The molecule has 0 radical (unpaired) electrons. The Kier molecular flexibility index (Phi) is 10.2. The van der Waals surface area contributed by atoms with Crippen LogP contribution in [0.25, 0.3) is 49.7 Å². The minimum absolute atomic E-state index is 0.00943. The Morgan fingerprint density at radius 2 is 0.764 bits per heavy atom. The lowest BCUT2D eigenvalue weighted by molar-refractivity contribution is 0.590. The van der Waals surface area contributed by atoms with Crippen LogP contribution in [0.4, 0.5) is 0 Å². The summed E-state index contributed by atoms with van der Waals surface area (Å²) in [5.74, 6) is 0.0435. The summed E-state index contributed by atoms with van der Waals surface area (Å²) < 4.78 is 2.63. The molecule has 1 aromatic heterocycles. The second-order valence-electron chi connectivity index (χ2n) is 22.4. The van der Waals surface area contributed by atoms with Crippen LogP contribution in [0, 0.1) is 0 Å². The van der Waals surface area contributed by atoms with Crippen molar-refractivity contribution in [1.82, 2.24) is 4.57 Å². The maximum atomic E-state index is 2.63. The van der Waals surface area contributed by atoms with Gasteiger partial charge in [0.2, 0.25) is 0 Å². The highest BCUT2D eigenvalue weighted by molar-refractivity contribution is 7.20. The summed E-state index contributed by atoms with van der Waals surface area (Å²) in [4.78, 5) is 0. The van der Waals surface area contributed by atoms with Gasteiger partial charge in [-0.25, -0.2) is 0 Å². The SMILES string of the molecule is CC(C)(C)c1ccc2c(c1)c1cc(C(C)(C)C)ccc1n2-c1cccc2c1C1c3ccccc3C2c2cccc([Si](c3ccccc3)(c3ccccc3)c3cc(-c4ccccc4)cc(-c4ccccc4)c3)c21. The van der Waals surface area contributed by atoms with Gasteiger partial charge in [-0.1, -0.05) is 242 Å². The van der Waals surface area contributed by atoms with Crippen molar-refractivity contribution in [3.63, 3.8) is 0 Å². The van der Waals surface area contributed by atoms with Crippen molar-refractivity contribution in [2.75, 3.05) is 0 Å². The summed E-state index contributed by atoms with van der Waals surface area (Å²) in [6.45, 7) is 14.0. The molecule has 0 aliphatic heterocycles. The van der Waals surface area contributed by atoms with E-state index in [0.29, 0.717) is 0 Å². The number of nitrogens with zero attached hydrogens (tertiary/aromatic N) is 1. The zero-order valence-electron chi connectivity index (χ0n) is 42.1. The van der Waals surface area contributed by atoms with Crippen molar-refractivity contribution in [3.05, 3.63) is 281 Å². The minimum atomic E-state index is -3.21. The molecule has 0 saturated heterocycles. The van der Waals surface area contributed by atoms with Gasteiger partial charge in [0.05, 0.1) is 16.7 Å². The lowest BCUT2D eigenvalue weighted by Gasteiger charge is -2.47. The molecule has 0 N–H and O–H groups in total. The number of rotatable bonds is 7. The van der Waals surface area contributed by atoms with E-state index in [1.165, 1.54) is 115 Å². The first-order valence-corrected chi connectivity index (χ1v) is 27.8. The Bertz CT molecular complexity index is 3700. The Hall–Kier alpha value is -7.78. The van der Waals surface area contributed by atoms with Crippen molar-refractivity contribution in [2.45, 2.75) is 64.2 Å². The maximum Gasteiger partial charge on any atom is 0.179 e. The number of fused-ring (bicyclic) bond motifs is 3. The van der Waals surface area contributed by atoms with Crippen LogP contribution >= 0.6 is 0 Å². The molecule has 0 saturated carbocycles. The maximum absolute atomic E-state index is 3.21. The second kappa shape index (κ2) is 16.7. The van der Waals surface area contributed by atoms with Gasteiger partial charge in [0.25, 0.3) is 0 Å². The third kappa shape index (κ3) is 6.80. The fraction of sp³-hybridized carbons (Fsp3) is 0.143. The third-order valence-corrected chi connectivity index (χ3v) is 21.0. The van der Waals surface area contributed by atoms with E-state index in [1.807, 2.05) is 0 Å². The average Bonchev–Trinajstić information content (AvgIpc) is 3.75. The normalized spacial score (nSPS) is 15.1. The van der Waals surface area contributed by atoms with E-state index < -0.39 is 8.07 Å². The van der Waals surface area contributed by atoms with Gasteiger partial charge in [-0.05, 0) is 135 Å². The van der Waals surface area contributed by atoms with Crippen LogP contribution < -0.4 is 20.7 Å². The molecule has 2 atom stereocenters. The van der Waals surface area contributed by atoms with E-state index >= 15 is 0 Å². The van der Waals surface area contributed by atoms with Crippen LogP contribution in [0.2, 0.25) is 0 Å². The molecule has 0 amide bonds. The van der Waals surface area contributed by atoms with Crippen LogP contribution in [0.3, 0.4) is 0 Å². The van der Waals surface area contributed by atoms with Crippen LogP contribution in [-0.4, -0.2) is 12.6 Å². The largest absolute Gasteiger partial charge is 0.309 e. The van der Waals surface area contributed by atoms with Gasteiger partial charge in [-0.15, -0.1) is 0 Å². The van der Waals surface area contributed by atoms with E-state index in [1.54, 1.807) is 0 Å². The van der Waals surface area contributed by atoms with Crippen molar-refractivity contribution in [2.24, 2.45) is 0 Å². The Morgan fingerprint density at radius 1 is 0.333 bits per heavy atom. The first kappa shape index (κ1) is 44.2. The van der Waals surface area contributed by atoms with Gasteiger partial charge in [-0.2, -0.15) is 0 Å². The summed E-state index contributed by atoms with van der Waals surface area (Å²) >= 11 is 0. The van der Waals surface area contributed by atoms with Crippen molar-refractivity contribution in [1.29, 1.82) is 0 Å². The Morgan fingerprint density at radius 3 is 1.26 bits per heavy atom. The van der Waals surface area contributed by atoms with Gasteiger partial charge in [0.1, 0.15) is 0 Å². The molecule has 1 heterocycles. The van der Waals surface area contributed by atoms with Crippen LogP contribution in [-0.2, 0) is 10.8 Å². The molecule has 348 valence electrons. The lowest BCUT2D eigenvalue weighted by atomic mass is 9.60. The van der Waals surface area contributed by atoms with Gasteiger partial charge in [0, 0.05) is 22.6 Å². The van der Waals surface area contributed by atoms with Crippen molar-refractivity contribution >= 4 is 50.6 Å². The smallest absolute Gasteiger partial charge is 0.179 e.